The predicted molar refractivity (Wildman–Crippen MR) is 413 cm³/mol. The fraction of sp³-hybridized carbons (Fsp3) is 0.117. The Balaban J connectivity index is 0.000000357. The summed E-state index contributed by atoms with van der Waals surface area (Å²) in [7, 11) is 1.57. The Morgan fingerprint density at radius 2 is 0.748 bits per heavy atom. The van der Waals surface area contributed by atoms with Crippen molar-refractivity contribution in [1.82, 2.24) is 40.8 Å². The maximum Gasteiger partial charge on any atom is 0.394 e. The molecule has 0 spiro atoms. The number of ether oxygens (including phenoxy) is 4. The monoisotopic (exact) mass is 1420 g/mol. The number of hydrogen-bond donors (Lipinski definition) is 10. The van der Waals surface area contributed by atoms with Crippen molar-refractivity contribution in [3.05, 3.63) is 253 Å². The van der Waals surface area contributed by atoms with Crippen molar-refractivity contribution in [3.63, 3.8) is 0 Å². The number of nitrogens with zero attached hydrogens (tertiary/aromatic N) is 4. The molecule has 2 amide bonds. The number of aromatic amines is 3. The minimum Gasteiger partial charge on any atom is -0.497 e. The van der Waals surface area contributed by atoms with Gasteiger partial charge >= 0.3 is 16.4 Å². The first-order valence-corrected chi connectivity index (χ1v) is 30.7. The van der Waals surface area contributed by atoms with E-state index in [9.17, 15) is 19.2 Å². The van der Waals surface area contributed by atoms with Crippen LogP contribution in [-0.2, 0) is 15.1 Å². The number of carbonyl (C=O) groups excluding carboxylic acids is 4. The number of fused-ring (bicyclic) bond motifs is 9. The van der Waals surface area contributed by atoms with Crippen LogP contribution in [-0.4, -0.2) is 112 Å². The van der Waals surface area contributed by atoms with E-state index in [0.29, 0.717) is 22.8 Å². The second-order valence-electron chi connectivity index (χ2n) is 20.6. The van der Waals surface area contributed by atoms with Crippen LogP contribution in [0.1, 0.15) is 84.5 Å². The average molecular weight is 1420 g/mol. The first kappa shape index (κ1) is 84.7. The number of aldehydes is 1. The number of benzene rings is 8. The molecule has 538 valence electrons. The van der Waals surface area contributed by atoms with Crippen LogP contribution < -0.4 is 42.6 Å². The van der Waals surface area contributed by atoms with E-state index in [-0.39, 0.29) is 59.9 Å². The minimum atomic E-state index is -4.67. The third-order valence-corrected chi connectivity index (χ3v) is 14.7. The number of nitrogen functional groups attached to an aromatic ring is 1. The molecule has 14 rings (SSSR count). The van der Waals surface area contributed by atoms with Crippen LogP contribution in [0.5, 0.6) is 17.2 Å². The van der Waals surface area contributed by atoms with E-state index in [0.717, 1.165) is 117 Å². The van der Waals surface area contributed by atoms with Gasteiger partial charge in [0.15, 0.2) is 0 Å². The van der Waals surface area contributed by atoms with E-state index in [1.807, 2.05) is 194 Å². The lowest BCUT2D eigenvalue weighted by atomic mass is 10.1. The number of nitrogens with two attached hydrogens (primary N) is 3. The number of carbonyl (C=O) groups is 4. The summed E-state index contributed by atoms with van der Waals surface area (Å²) in [6.45, 7) is 0. The third kappa shape index (κ3) is 21.0. The maximum absolute atomic E-state index is 12.9. The van der Waals surface area contributed by atoms with Gasteiger partial charge in [-0.3, -0.25) is 40.6 Å². The van der Waals surface area contributed by atoms with Crippen LogP contribution >= 0.6 is 0 Å². The maximum atomic E-state index is 12.9. The number of amides is 2. The van der Waals surface area contributed by atoms with Gasteiger partial charge in [0, 0.05) is 71.1 Å². The van der Waals surface area contributed by atoms with Crippen molar-refractivity contribution in [2.24, 2.45) is 22.6 Å². The lowest BCUT2D eigenvalue weighted by molar-refractivity contribution is 0.0594. The molecule has 25 nitrogen and oxygen atoms in total. The summed E-state index contributed by atoms with van der Waals surface area (Å²) in [5.41, 5.74) is 17.5. The van der Waals surface area contributed by atoms with Gasteiger partial charge in [0.25, 0.3) is 11.8 Å². The molecule has 0 saturated carbocycles. The fourth-order valence-corrected chi connectivity index (χ4v) is 10.2. The summed E-state index contributed by atoms with van der Waals surface area (Å²) in [6.07, 6.45) is 2.44. The minimum absolute atomic E-state index is 0. The fourth-order valence-electron chi connectivity index (χ4n) is 10.2. The number of hydrazine groups is 2. The number of rotatable bonds is 12. The van der Waals surface area contributed by atoms with Crippen LogP contribution in [0, 0.1) is 0 Å². The van der Waals surface area contributed by atoms with Crippen LogP contribution in [0.15, 0.2) is 230 Å². The van der Waals surface area contributed by atoms with Crippen molar-refractivity contribution in [2.45, 2.75) is 37.1 Å². The first-order valence-electron chi connectivity index (χ1n) is 29.3. The number of hydrogen-bond acceptors (Lipinski definition) is 17. The highest BCUT2D eigenvalue weighted by atomic mass is 32.3. The Kier molecular flexibility index (Phi) is 32.8. The van der Waals surface area contributed by atoms with Crippen molar-refractivity contribution in [3.8, 4) is 51.0 Å². The quantitative estimate of drug-likeness (QED) is 0.0103. The number of aromatic nitrogens is 6. The summed E-state index contributed by atoms with van der Waals surface area (Å²) >= 11 is 0. The van der Waals surface area contributed by atoms with Gasteiger partial charge in [0.1, 0.15) is 40.6 Å². The first-order chi connectivity index (χ1) is 47.1. The van der Waals surface area contributed by atoms with Gasteiger partial charge in [-0.15, -0.1) is 0 Å². The molecule has 0 aliphatic heterocycles. The van der Waals surface area contributed by atoms with E-state index in [2.05, 4.69) is 57.5 Å². The highest BCUT2D eigenvalue weighted by molar-refractivity contribution is 7.79. The van der Waals surface area contributed by atoms with Crippen molar-refractivity contribution < 1.29 is 61.1 Å². The normalized spacial score (nSPS) is 10.1. The second-order valence-corrected chi connectivity index (χ2v) is 21.5. The SMILES string of the molecule is C.C.C.C.C.COC(=O)c1cc2c([nH]c3ccccc32)c(-c2ccc(OC)cc2)n1.COc1ccc(-c2nc(C(=O)N/N=C/c3ccccc3)cc3c2[nH]c2ccccc23)cc1.COc1ccc(-c2nc(C(=O)NN)cc3c2[nH]c2ccccc23)cc1.NN.O.O=Cc1ccccc1.O=S(=O)(O)O. The lowest BCUT2D eigenvalue weighted by Crippen LogP contribution is -2.30. The van der Waals surface area contributed by atoms with Crippen LogP contribution in [0.3, 0.4) is 0 Å². The molecule has 15 N–H and O–H groups in total. The largest absolute Gasteiger partial charge is 0.497 e. The van der Waals surface area contributed by atoms with Gasteiger partial charge in [-0.25, -0.2) is 31.0 Å². The molecule has 26 heteroatoms. The summed E-state index contributed by atoms with van der Waals surface area (Å²) in [5.74, 6) is 14.3. The molecule has 0 fully saturated rings. The van der Waals surface area contributed by atoms with E-state index >= 15 is 0 Å². The Morgan fingerprint density at radius 1 is 0.447 bits per heavy atom. The summed E-state index contributed by atoms with van der Waals surface area (Å²) in [4.78, 5) is 71.1. The van der Waals surface area contributed by atoms with Gasteiger partial charge in [-0.1, -0.05) is 152 Å². The molecule has 0 saturated heterocycles. The van der Waals surface area contributed by atoms with Gasteiger partial charge in [0.05, 0.1) is 68.3 Å². The second kappa shape index (κ2) is 39.9. The molecular weight excluding hydrogens is 1330 g/mol. The molecule has 0 aliphatic rings. The zero-order valence-corrected chi connectivity index (χ0v) is 53.7. The molecule has 0 unspecified atom stereocenters. The Labute approximate surface area is 597 Å². The van der Waals surface area contributed by atoms with Gasteiger partial charge in [0.2, 0.25) is 0 Å². The van der Waals surface area contributed by atoms with Crippen molar-refractivity contribution in [2.75, 3.05) is 28.4 Å². The number of esters is 1. The molecule has 6 aromatic heterocycles. The number of hydrazone groups is 1. The Hall–Kier alpha value is -12.5. The van der Waals surface area contributed by atoms with E-state index in [1.165, 1.54) is 7.11 Å². The number of para-hydroxylation sites is 3. The molecule has 6 heterocycles. The molecular formula is C77H86N12O13S. The highest BCUT2D eigenvalue weighted by Crippen LogP contribution is 2.37. The number of H-pyrrole nitrogens is 3. The lowest BCUT2D eigenvalue weighted by Gasteiger charge is -2.08. The Morgan fingerprint density at radius 3 is 1.06 bits per heavy atom. The predicted octanol–water partition coefficient (Wildman–Crippen LogP) is 14.3. The van der Waals surface area contributed by atoms with Gasteiger partial charge < -0.3 is 39.4 Å². The zero-order valence-electron chi connectivity index (χ0n) is 52.9. The van der Waals surface area contributed by atoms with Gasteiger partial charge in [-0.05, 0) is 115 Å². The molecule has 0 atom stereocenters. The molecule has 0 aliphatic carbocycles. The van der Waals surface area contributed by atoms with E-state index in [4.69, 9.17) is 42.3 Å². The third-order valence-electron chi connectivity index (χ3n) is 14.7. The summed E-state index contributed by atoms with van der Waals surface area (Å²) in [6, 6.07) is 70.7. The molecule has 14 aromatic rings. The zero-order chi connectivity index (χ0) is 69.0. The van der Waals surface area contributed by atoms with Crippen molar-refractivity contribution >= 4 is 106 Å². The van der Waals surface area contributed by atoms with Crippen molar-refractivity contribution in [1.29, 1.82) is 0 Å². The van der Waals surface area contributed by atoms with Crippen LogP contribution in [0.4, 0.5) is 0 Å². The Bertz CT molecular complexity index is 5030. The molecule has 0 radical (unpaired) electrons. The summed E-state index contributed by atoms with van der Waals surface area (Å²) in [5, 5.41) is 9.98. The standard InChI is InChI=1S/C26H20N4O2.C20H16N2O3.C19H16N4O2.C7H6O.5CH4.H4N2.H2O4S.H2O/c1-32-19-13-11-18(12-14-19)24-25-21(20-9-5-6-10-22(20)28-25)15-23(29-24)26(31)30-27-16-17-7-3-2-4-8-17;1-24-13-9-7-12(8-10-13)18-19-15(11-17(22-18)20(23)25-2)14-5-3-4-6-16(14)21-19;1-25-12-8-6-11(7-9-12)17-18-14(10-16(22-17)19(24)23-20)13-4-2-3-5-15(13)21-18;8-6-7-4-2-1-3-5-7;;;;;;1-2;1-5(2,3)4;/h2-16,28H,1H3,(H,30,31);3-11,21H,1-2H3;2-10,21H,20H2,1H3,(H,23,24);1-6H;5*1H4;1-2H2;(H2,1,2,3,4);1H2/b27-16+;;;;;;;;;;;. The molecule has 103 heavy (non-hydrogen) atoms. The number of nitrogens with one attached hydrogen (secondary N) is 5. The smallest absolute Gasteiger partial charge is 0.394 e. The molecule has 0 bridgehead atoms. The average Bonchev–Trinajstić information content (AvgIpc) is 1.65. The topological polar surface area (TPSA) is 412 Å². The molecule has 8 aromatic carbocycles. The van der Waals surface area contributed by atoms with E-state index < -0.39 is 22.3 Å². The van der Waals surface area contributed by atoms with Gasteiger partial charge in [-0.2, -0.15) is 13.5 Å². The highest BCUT2D eigenvalue weighted by Gasteiger charge is 2.21. The van der Waals surface area contributed by atoms with E-state index in [1.54, 1.807) is 57.9 Å². The van der Waals surface area contributed by atoms with Crippen LogP contribution in [0.25, 0.3) is 99.2 Å². The van der Waals surface area contributed by atoms with Crippen LogP contribution in [0.2, 0.25) is 0 Å². The number of pyridine rings is 3. The number of methoxy groups -OCH3 is 4. The summed E-state index contributed by atoms with van der Waals surface area (Å²) < 4.78 is 52.2.